The lowest BCUT2D eigenvalue weighted by Crippen LogP contribution is -2.36. The maximum absolute atomic E-state index is 12.6. The largest absolute Gasteiger partial charge is 0.461 e. The highest BCUT2D eigenvalue weighted by atomic mass is 16.5. The Morgan fingerprint density at radius 2 is 2.07 bits per heavy atom. The number of anilines is 1. The van der Waals surface area contributed by atoms with Gasteiger partial charge in [0.05, 0.1) is 31.7 Å². The van der Waals surface area contributed by atoms with E-state index in [4.69, 9.17) is 9.47 Å². The van der Waals surface area contributed by atoms with Crippen LogP contribution in [0.15, 0.2) is 30.6 Å². The van der Waals surface area contributed by atoms with Crippen molar-refractivity contribution in [3.05, 3.63) is 42.0 Å². The van der Waals surface area contributed by atoms with Gasteiger partial charge in [-0.05, 0) is 32.0 Å². The Kier molecular flexibility index (Phi) is 4.72. The number of pyridine rings is 1. The van der Waals surface area contributed by atoms with Crippen LogP contribution in [0, 0.1) is 6.92 Å². The monoisotopic (exact) mass is 367 g/mol. The normalized spacial score (nSPS) is 14.5. The highest BCUT2D eigenvalue weighted by molar-refractivity contribution is 5.96. The summed E-state index contributed by atoms with van der Waals surface area (Å²) in [5.41, 5.74) is 4.04. The van der Waals surface area contributed by atoms with E-state index >= 15 is 0 Å². The van der Waals surface area contributed by atoms with Crippen molar-refractivity contribution in [2.45, 2.75) is 13.8 Å². The van der Waals surface area contributed by atoms with Crippen molar-refractivity contribution in [3.8, 4) is 11.3 Å². The van der Waals surface area contributed by atoms with Crippen molar-refractivity contribution in [2.75, 3.05) is 37.8 Å². The number of hydrogen-bond donors (Lipinski definition) is 0. The number of aryl methyl sites for hydroxylation is 1. The van der Waals surface area contributed by atoms with Crippen LogP contribution >= 0.6 is 0 Å². The first-order valence-electron chi connectivity index (χ1n) is 8.99. The molecule has 0 unspecified atom stereocenters. The van der Waals surface area contributed by atoms with Crippen molar-refractivity contribution in [1.29, 1.82) is 0 Å². The van der Waals surface area contributed by atoms with Gasteiger partial charge in [-0.2, -0.15) is 5.10 Å². The molecule has 1 fully saturated rings. The van der Waals surface area contributed by atoms with E-state index in [0.29, 0.717) is 24.6 Å². The molecular weight excluding hydrogens is 346 g/mol. The van der Waals surface area contributed by atoms with Gasteiger partial charge in [0.15, 0.2) is 11.3 Å². The summed E-state index contributed by atoms with van der Waals surface area (Å²) in [6, 6.07) is 5.73. The van der Waals surface area contributed by atoms with Crippen LogP contribution in [0.5, 0.6) is 0 Å². The van der Waals surface area contributed by atoms with Crippen LogP contribution < -0.4 is 4.90 Å². The minimum Gasteiger partial charge on any atom is -0.461 e. The van der Waals surface area contributed by atoms with Crippen molar-refractivity contribution in [3.63, 3.8) is 0 Å². The van der Waals surface area contributed by atoms with Crippen LogP contribution in [0.2, 0.25) is 0 Å². The summed E-state index contributed by atoms with van der Waals surface area (Å²) < 4.78 is 12.4. The zero-order valence-corrected chi connectivity index (χ0v) is 15.4. The van der Waals surface area contributed by atoms with Gasteiger partial charge >= 0.3 is 5.97 Å². The molecule has 0 amide bonds. The van der Waals surface area contributed by atoms with E-state index in [0.717, 1.165) is 30.0 Å². The number of rotatable bonds is 4. The maximum atomic E-state index is 12.6. The van der Waals surface area contributed by atoms with Crippen molar-refractivity contribution < 1.29 is 14.3 Å². The molecule has 0 aliphatic carbocycles. The molecule has 1 aliphatic rings. The number of imidazole rings is 1. The third-order valence-electron chi connectivity index (χ3n) is 4.50. The SMILES string of the molecule is CCOC(=O)c1nc2c(N3CCOCC3)ccnn2c1-c1ccc(C)nc1. The lowest BCUT2D eigenvalue weighted by Gasteiger charge is -2.28. The molecule has 8 nitrogen and oxygen atoms in total. The number of ether oxygens (including phenoxy) is 2. The number of aromatic nitrogens is 4. The Balaban J connectivity index is 1.92. The summed E-state index contributed by atoms with van der Waals surface area (Å²) in [4.78, 5) is 23.8. The Bertz CT molecular complexity index is 961. The molecule has 27 heavy (non-hydrogen) atoms. The smallest absolute Gasteiger partial charge is 0.359 e. The van der Waals surface area contributed by atoms with Crippen molar-refractivity contribution >= 4 is 17.3 Å². The number of hydrogen-bond acceptors (Lipinski definition) is 7. The third-order valence-corrected chi connectivity index (χ3v) is 4.50. The van der Waals surface area contributed by atoms with E-state index in [1.54, 1.807) is 23.8 Å². The predicted octanol–water partition coefficient (Wildman–Crippen LogP) is 2.11. The number of esters is 1. The zero-order valence-electron chi connectivity index (χ0n) is 15.4. The molecule has 1 saturated heterocycles. The van der Waals surface area contributed by atoms with E-state index in [2.05, 4.69) is 20.0 Å². The summed E-state index contributed by atoms with van der Waals surface area (Å²) in [5.74, 6) is -0.466. The molecule has 0 spiro atoms. The molecule has 8 heteroatoms. The minimum atomic E-state index is -0.466. The van der Waals surface area contributed by atoms with Crippen LogP contribution in [0.4, 0.5) is 5.69 Å². The molecule has 3 aromatic heterocycles. The fourth-order valence-corrected chi connectivity index (χ4v) is 3.20. The summed E-state index contributed by atoms with van der Waals surface area (Å²) >= 11 is 0. The molecule has 0 atom stereocenters. The molecule has 4 rings (SSSR count). The average molecular weight is 367 g/mol. The van der Waals surface area contributed by atoms with Crippen LogP contribution in [0.1, 0.15) is 23.1 Å². The van der Waals surface area contributed by atoms with Crippen molar-refractivity contribution in [1.82, 2.24) is 19.6 Å². The van der Waals surface area contributed by atoms with Gasteiger partial charge in [-0.1, -0.05) is 0 Å². The topological polar surface area (TPSA) is 81.8 Å². The lowest BCUT2D eigenvalue weighted by molar-refractivity contribution is 0.0521. The molecule has 140 valence electrons. The van der Waals surface area contributed by atoms with Crippen LogP contribution in [0.3, 0.4) is 0 Å². The third kappa shape index (κ3) is 3.23. The predicted molar refractivity (Wildman–Crippen MR) is 99.9 cm³/mol. The maximum Gasteiger partial charge on any atom is 0.359 e. The number of carbonyl (C=O) groups is 1. The van der Waals surface area contributed by atoms with E-state index in [-0.39, 0.29) is 12.3 Å². The molecule has 0 radical (unpaired) electrons. The van der Waals surface area contributed by atoms with Gasteiger partial charge in [0, 0.05) is 30.5 Å². The highest BCUT2D eigenvalue weighted by Gasteiger charge is 2.25. The second-order valence-electron chi connectivity index (χ2n) is 6.27. The Morgan fingerprint density at radius 3 is 2.78 bits per heavy atom. The zero-order chi connectivity index (χ0) is 18.8. The van der Waals surface area contributed by atoms with Gasteiger partial charge in [-0.25, -0.2) is 14.3 Å². The summed E-state index contributed by atoms with van der Waals surface area (Å²) in [5, 5.41) is 4.46. The number of carbonyl (C=O) groups excluding carboxylic acids is 1. The molecule has 0 N–H and O–H groups in total. The number of fused-ring (bicyclic) bond motifs is 1. The summed E-state index contributed by atoms with van der Waals surface area (Å²) in [6.07, 6.45) is 3.45. The second-order valence-corrected chi connectivity index (χ2v) is 6.27. The standard InChI is InChI=1S/C19H21N5O3/c1-3-27-19(25)16-17(14-5-4-13(2)20-12-14)24-18(22-16)15(6-7-21-24)23-8-10-26-11-9-23/h4-7,12H,3,8-11H2,1-2H3. The molecule has 4 heterocycles. The van der Waals surface area contributed by atoms with Crippen LogP contribution in [-0.4, -0.2) is 58.5 Å². The Hall–Kier alpha value is -3.00. The van der Waals surface area contributed by atoms with Crippen LogP contribution in [0.25, 0.3) is 16.9 Å². The highest BCUT2D eigenvalue weighted by Crippen LogP contribution is 2.29. The molecule has 1 aliphatic heterocycles. The fourth-order valence-electron chi connectivity index (χ4n) is 3.20. The van der Waals surface area contributed by atoms with Gasteiger partial charge in [-0.15, -0.1) is 0 Å². The van der Waals surface area contributed by atoms with Gasteiger partial charge in [0.1, 0.15) is 5.69 Å². The molecule has 3 aromatic rings. The first-order valence-corrected chi connectivity index (χ1v) is 8.99. The van der Waals surface area contributed by atoms with Gasteiger partial charge in [0.2, 0.25) is 0 Å². The van der Waals surface area contributed by atoms with Crippen molar-refractivity contribution in [2.24, 2.45) is 0 Å². The summed E-state index contributed by atoms with van der Waals surface area (Å²) in [7, 11) is 0. The van der Waals surface area contributed by atoms with Gasteiger partial charge in [0.25, 0.3) is 0 Å². The molecule has 0 saturated carbocycles. The van der Waals surface area contributed by atoms with Crippen LogP contribution in [-0.2, 0) is 9.47 Å². The molecule has 0 aromatic carbocycles. The Labute approximate surface area is 156 Å². The number of nitrogens with zero attached hydrogens (tertiary/aromatic N) is 5. The Morgan fingerprint density at radius 1 is 1.26 bits per heavy atom. The van der Waals surface area contributed by atoms with Gasteiger partial charge < -0.3 is 14.4 Å². The fraction of sp³-hybridized carbons (Fsp3) is 0.368. The van der Waals surface area contributed by atoms with E-state index in [1.807, 2.05) is 25.1 Å². The summed E-state index contributed by atoms with van der Waals surface area (Å²) in [6.45, 7) is 6.83. The molecule has 0 bridgehead atoms. The van der Waals surface area contributed by atoms with Gasteiger partial charge in [-0.3, -0.25) is 4.98 Å². The first kappa shape index (κ1) is 17.4. The van der Waals surface area contributed by atoms with E-state index < -0.39 is 5.97 Å². The van der Waals surface area contributed by atoms with E-state index in [1.165, 1.54) is 0 Å². The average Bonchev–Trinajstić information content (AvgIpc) is 3.09. The molecular formula is C19H21N5O3. The van der Waals surface area contributed by atoms with E-state index in [9.17, 15) is 4.79 Å². The lowest BCUT2D eigenvalue weighted by atomic mass is 10.1. The number of morpholine rings is 1. The second kappa shape index (κ2) is 7.32. The quantitative estimate of drug-likeness (QED) is 0.653. The first-order chi connectivity index (χ1) is 13.2. The minimum absolute atomic E-state index is 0.246.